The van der Waals surface area contributed by atoms with Gasteiger partial charge in [-0.1, -0.05) is 31.5 Å². The Balaban J connectivity index is 1.46. The molecule has 110 valence electrons. The number of carbonyl (C=O) groups excluding carboxylic acids is 1. The van der Waals surface area contributed by atoms with E-state index in [2.05, 4.69) is 5.32 Å². The molecule has 0 saturated heterocycles. The highest BCUT2D eigenvalue weighted by atomic mass is 32.1. The number of nitrogens with one attached hydrogen (secondary N) is 1. The number of fused-ring (bicyclic) bond motifs is 5. The lowest BCUT2D eigenvalue weighted by Crippen LogP contribution is -2.51. The summed E-state index contributed by atoms with van der Waals surface area (Å²) in [5.74, 6) is 3.49. The number of rotatable bonds is 3. The molecule has 4 rings (SSSR count). The van der Waals surface area contributed by atoms with E-state index in [4.69, 9.17) is 18.0 Å². The van der Waals surface area contributed by atoms with Crippen molar-refractivity contribution in [3.63, 3.8) is 0 Å². The molecule has 0 heterocycles. The average molecular weight is 292 g/mol. The van der Waals surface area contributed by atoms with Crippen LogP contribution in [0.2, 0.25) is 0 Å². The van der Waals surface area contributed by atoms with Crippen molar-refractivity contribution >= 4 is 23.1 Å². The molecule has 0 aromatic rings. The van der Waals surface area contributed by atoms with Gasteiger partial charge in [0.25, 0.3) is 0 Å². The number of hydrogen-bond acceptors (Lipinski definition) is 2. The van der Waals surface area contributed by atoms with Gasteiger partial charge in [0, 0.05) is 6.04 Å². The van der Waals surface area contributed by atoms with Gasteiger partial charge < -0.3 is 11.1 Å². The molecule has 4 heteroatoms. The zero-order valence-corrected chi connectivity index (χ0v) is 12.8. The summed E-state index contributed by atoms with van der Waals surface area (Å²) in [5.41, 5.74) is 5.41. The van der Waals surface area contributed by atoms with Gasteiger partial charge in [-0.25, -0.2) is 0 Å². The summed E-state index contributed by atoms with van der Waals surface area (Å²) < 4.78 is 0. The van der Waals surface area contributed by atoms with Gasteiger partial charge in [-0.05, 0) is 55.8 Å². The van der Waals surface area contributed by atoms with Gasteiger partial charge in [-0.3, -0.25) is 4.79 Å². The second kappa shape index (κ2) is 4.43. The topological polar surface area (TPSA) is 55.1 Å². The zero-order chi connectivity index (χ0) is 13.9. The fourth-order valence-corrected chi connectivity index (χ4v) is 5.85. The molecule has 0 aliphatic heterocycles. The first-order chi connectivity index (χ1) is 9.63. The average Bonchev–Trinajstić information content (AvgIpc) is 2.85. The molecule has 4 unspecified atom stereocenters. The third kappa shape index (κ3) is 1.69. The summed E-state index contributed by atoms with van der Waals surface area (Å²) >= 11 is 5.25. The van der Waals surface area contributed by atoms with Crippen LogP contribution < -0.4 is 11.1 Å². The van der Waals surface area contributed by atoms with Crippen molar-refractivity contribution in [2.24, 2.45) is 34.8 Å². The minimum absolute atomic E-state index is 0.142. The number of carbonyl (C=O) groups is 1. The number of thiocarbonyl (C=S) groups is 1. The lowest BCUT2D eigenvalue weighted by Gasteiger charge is -2.35. The van der Waals surface area contributed by atoms with Gasteiger partial charge in [0.1, 0.15) is 0 Å². The van der Waals surface area contributed by atoms with Crippen LogP contribution in [-0.4, -0.2) is 16.9 Å². The first-order valence-corrected chi connectivity index (χ1v) is 8.65. The molecule has 4 saturated carbocycles. The van der Waals surface area contributed by atoms with E-state index in [0.717, 1.165) is 49.4 Å². The fraction of sp³-hybridized carbons (Fsp3) is 0.875. The molecule has 0 radical (unpaired) electrons. The van der Waals surface area contributed by atoms with Gasteiger partial charge in [-0.2, -0.15) is 0 Å². The van der Waals surface area contributed by atoms with E-state index in [9.17, 15) is 4.79 Å². The smallest absolute Gasteiger partial charge is 0.233 e. The molecule has 3 nitrogen and oxygen atoms in total. The molecule has 4 aliphatic rings. The van der Waals surface area contributed by atoms with Gasteiger partial charge in [0.05, 0.1) is 10.4 Å². The molecule has 0 aromatic heterocycles. The van der Waals surface area contributed by atoms with Crippen molar-refractivity contribution < 1.29 is 4.79 Å². The standard InChI is InChI=1S/C16H24N2OS/c17-14(20)16(6-2-1-3-7-16)15(19)18-13-11-9-4-5-10(8-9)12(11)13/h9-13H,1-8H2,(H2,17,20)(H,18,19). The Morgan fingerprint density at radius 1 is 1.10 bits per heavy atom. The summed E-state index contributed by atoms with van der Waals surface area (Å²) in [4.78, 5) is 13.2. The molecule has 0 spiro atoms. The van der Waals surface area contributed by atoms with E-state index in [0.29, 0.717) is 11.0 Å². The van der Waals surface area contributed by atoms with Crippen LogP contribution in [0, 0.1) is 29.1 Å². The molecular formula is C16H24N2OS. The Labute approximate surface area is 126 Å². The molecule has 1 amide bonds. The highest BCUT2D eigenvalue weighted by molar-refractivity contribution is 7.80. The summed E-state index contributed by atoms with van der Waals surface area (Å²) in [6.07, 6.45) is 9.25. The minimum Gasteiger partial charge on any atom is -0.392 e. The van der Waals surface area contributed by atoms with E-state index in [1.54, 1.807) is 0 Å². The fourth-order valence-electron chi connectivity index (χ4n) is 5.55. The Morgan fingerprint density at radius 2 is 1.70 bits per heavy atom. The third-order valence-electron chi connectivity index (χ3n) is 6.65. The maximum absolute atomic E-state index is 12.8. The molecule has 4 atom stereocenters. The summed E-state index contributed by atoms with van der Waals surface area (Å²) in [7, 11) is 0. The van der Waals surface area contributed by atoms with Gasteiger partial charge in [0.2, 0.25) is 5.91 Å². The molecular weight excluding hydrogens is 268 g/mol. The van der Waals surface area contributed by atoms with Crippen LogP contribution in [0.25, 0.3) is 0 Å². The summed E-state index contributed by atoms with van der Waals surface area (Å²) in [6, 6.07) is 0.446. The van der Waals surface area contributed by atoms with Crippen LogP contribution in [-0.2, 0) is 4.79 Å². The van der Waals surface area contributed by atoms with E-state index in [1.807, 2.05) is 0 Å². The molecule has 0 aromatic carbocycles. The van der Waals surface area contributed by atoms with Crippen LogP contribution >= 0.6 is 12.2 Å². The zero-order valence-electron chi connectivity index (χ0n) is 11.9. The van der Waals surface area contributed by atoms with Crippen molar-refractivity contribution in [3.8, 4) is 0 Å². The lowest BCUT2D eigenvalue weighted by molar-refractivity contribution is -0.129. The normalized spacial score (nSPS) is 43.9. The monoisotopic (exact) mass is 292 g/mol. The largest absolute Gasteiger partial charge is 0.392 e. The Hall–Kier alpha value is -0.640. The van der Waals surface area contributed by atoms with Crippen molar-refractivity contribution in [2.75, 3.05) is 0 Å². The number of hydrogen-bond donors (Lipinski definition) is 2. The summed E-state index contributed by atoms with van der Waals surface area (Å²) in [6.45, 7) is 0. The minimum atomic E-state index is -0.538. The first-order valence-electron chi connectivity index (χ1n) is 8.24. The summed E-state index contributed by atoms with van der Waals surface area (Å²) in [5, 5.41) is 3.34. The Bertz CT molecular complexity index is 441. The lowest BCUT2D eigenvalue weighted by atomic mass is 9.73. The van der Waals surface area contributed by atoms with Crippen LogP contribution in [0.1, 0.15) is 51.4 Å². The molecule has 4 aliphatic carbocycles. The van der Waals surface area contributed by atoms with Crippen LogP contribution in [0.5, 0.6) is 0 Å². The van der Waals surface area contributed by atoms with Gasteiger partial charge in [0.15, 0.2) is 0 Å². The predicted octanol–water partition coefficient (Wildman–Crippen LogP) is 2.38. The van der Waals surface area contributed by atoms with Crippen LogP contribution in [0.4, 0.5) is 0 Å². The second-order valence-corrected chi connectivity index (χ2v) is 7.93. The molecule has 3 N–H and O–H groups in total. The molecule has 4 fully saturated rings. The van der Waals surface area contributed by atoms with Crippen molar-refractivity contribution in [2.45, 2.75) is 57.4 Å². The maximum atomic E-state index is 12.8. The van der Waals surface area contributed by atoms with Crippen molar-refractivity contribution in [3.05, 3.63) is 0 Å². The third-order valence-corrected chi connectivity index (χ3v) is 7.04. The maximum Gasteiger partial charge on any atom is 0.233 e. The SMILES string of the molecule is NC(=S)C1(C(=O)NC2C3C4CCC(C4)C23)CCCCC1. The second-order valence-electron chi connectivity index (χ2n) is 7.49. The van der Waals surface area contributed by atoms with Crippen LogP contribution in [0.3, 0.4) is 0 Å². The van der Waals surface area contributed by atoms with Gasteiger partial charge >= 0.3 is 0 Å². The Morgan fingerprint density at radius 3 is 2.25 bits per heavy atom. The van der Waals surface area contributed by atoms with E-state index in [1.165, 1.54) is 25.7 Å². The molecule has 20 heavy (non-hydrogen) atoms. The first kappa shape index (κ1) is 13.1. The highest BCUT2D eigenvalue weighted by Crippen LogP contribution is 2.65. The van der Waals surface area contributed by atoms with Crippen molar-refractivity contribution in [1.82, 2.24) is 5.32 Å². The quantitative estimate of drug-likeness (QED) is 0.785. The van der Waals surface area contributed by atoms with Gasteiger partial charge in [-0.15, -0.1) is 0 Å². The van der Waals surface area contributed by atoms with E-state index >= 15 is 0 Å². The van der Waals surface area contributed by atoms with E-state index in [-0.39, 0.29) is 5.91 Å². The van der Waals surface area contributed by atoms with Crippen LogP contribution in [0.15, 0.2) is 0 Å². The van der Waals surface area contributed by atoms with E-state index < -0.39 is 5.41 Å². The Kier molecular flexibility index (Phi) is 2.89. The number of nitrogens with two attached hydrogens (primary N) is 1. The number of amides is 1. The highest BCUT2D eigenvalue weighted by Gasteiger charge is 2.66. The van der Waals surface area contributed by atoms with Crippen molar-refractivity contribution in [1.29, 1.82) is 0 Å². The molecule has 2 bridgehead atoms. The predicted molar refractivity (Wildman–Crippen MR) is 82.0 cm³/mol.